The highest BCUT2D eigenvalue weighted by atomic mass is 35.5. The number of nitrogens with zero attached hydrogens (tertiary/aromatic N) is 4. The summed E-state index contributed by atoms with van der Waals surface area (Å²) >= 11 is 7.48. The molecule has 1 N–H and O–H groups in total. The van der Waals surface area contributed by atoms with Crippen LogP contribution in [0.1, 0.15) is 50.7 Å². The van der Waals surface area contributed by atoms with Crippen LogP contribution >= 0.6 is 23.4 Å². The molecule has 0 aliphatic rings. The van der Waals surface area contributed by atoms with E-state index in [-0.39, 0.29) is 23.7 Å². The summed E-state index contributed by atoms with van der Waals surface area (Å²) in [7, 11) is 4.01. The van der Waals surface area contributed by atoms with Crippen molar-refractivity contribution in [3.63, 3.8) is 0 Å². The van der Waals surface area contributed by atoms with Crippen LogP contribution < -0.4 is 5.32 Å². The first-order chi connectivity index (χ1) is 15.8. The summed E-state index contributed by atoms with van der Waals surface area (Å²) in [5, 5.41) is 13.4. The maximum atomic E-state index is 12.9. The average Bonchev–Trinajstić information content (AvgIpc) is 3.21. The van der Waals surface area contributed by atoms with Gasteiger partial charge in [0.25, 0.3) is 0 Å². The minimum absolute atomic E-state index is 0.0160. The van der Waals surface area contributed by atoms with Gasteiger partial charge >= 0.3 is 0 Å². The smallest absolute Gasteiger partial charge is 0.230 e. The van der Waals surface area contributed by atoms with Crippen molar-refractivity contribution < 1.29 is 4.79 Å². The lowest BCUT2D eigenvalue weighted by Gasteiger charge is -2.21. The molecule has 8 heteroatoms. The van der Waals surface area contributed by atoms with Gasteiger partial charge in [0.1, 0.15) is 0 Å². The minimum Gasteiger partial charge on any atom is -0.349 e. The van der Waals surface area contributed by atoms with E-state index in [2.05, 4.69) is 53.3 Å². The highest BCUT2D eigenvalue weighted by Crippen LogP contribution is 2.28. The first-order valence-corrected chi connectivity index (χ1v) is 12.5. The molecule has 0 saturated heterocycles. The van der Waals surface area contributed by atoms with Crippen LogP contribution in [0.25, 0.3) is 5.69 Å². The molecule has 3 aromatic rings. The first-order valence-electron chi connectivity index (χ1n) is 11.1. The lowest BCUT2D eigenvalue weighted by atomic mass is 9.97. The third-order valence-electron chi connectivity index (χ3n) is 5.47. The Kier molecular flexibility index (Phi) is 8.95. The van der Waals surface area contributed by atoms with Crippen molar-refractivity contribution in [2.24, 2.45) is 5.92 Å². The molecule has 2 aromatic carbocycles. The fraction of sp³-hybridized carbons (Fsp3) is 0.400. The van der Waals surface area contributed by atoms with Gasteiger partial charge in [0.05, 0.1) is 17.8 Å². The number of carbonyl (C=O) groups excluding carboxylic acids is 1. The number of rotatable bonds is 10. The highest BCUT2D eigenvalue weighted by molar-refractivity contribution is 7.99. The maximum absolute atomic E-state index is 12.9. The number of nitrogens with one attached hydrogen (secondary N) is 1. The molecule has 0 bridgehead atoms. The third-order valence-corrected chi connectivity index (χ3v) is 6.65. The van der Waals surface area contributed by atoms with E-state index in [0.29, 0.717) is 16.1 Å². The second kappa shape index (κ2) is 11.7. The van der Waals surface area contributed by atoms with Gasteiger partial charge in [0.15, 0.2) is 11.0 Å². The summed E-state index contributed by atoms with van der Waals surface area (Å²) < 4.78 is 2.00. The zero-order valence-corrected chi connectivity index (χ0v) is 21.4. The highest BCUT2D eigenvalue weighted by Gasteiger charge is 2.22. The van der Waals surface area contributed by atoms with Crippen LogP contribution in [-0.4, -0.2) is 45.4 Å². The molecule has 6 nitrogen and oxygen atoms in total. The minimum atomic E-state index is -0.0256. The number of halogens is 1. The summed E-state index contributed by atoms with van der Waals surface area (Å²) in [6, 6.07) is 17.7. The predicted octanol–water partition coefficient (Wildman–Crippen LogP) is 5.54. The van der Waals surface area contributed by atoms with E-state index in [1.807, 2.05) is 61.1 Å². The summed E-state index contributed by atoms with van der Waals surface area (Å²) in [6.45, 7) is 6.41. The second-order valence-corrected chi connectivity index (χ2v) is 10.1. The van der Waals surface area contributed by atoms with Gasteiger partial charge in [0, 0.05) is 10.7 Å². The van der Waals surface area contributed by atoms with Gasteiger partial charge in [-0.1, -0.05) is 67.5 Å². The SMILES string of the molecule is CC(C)CC(NC(=O)CSc1nnc(C(C)N(C)C)n1-c1ccc(Cl)cc1)c1ccccc1. The quantitative estimate of drug-likeness (QED) is 0.382. The zero-order valence-electron chi connectivity index (χ0n) is 19.8. The number of amides is 1. The molecule has 2 unspecified atom stereocenters. The van der Waals surface area contributed by atoms with Crippen molar-refractivity contribution in [2.45, 2.75) is 44.4 Å². The molecule has 0 aliphatic carbocycles. The monoisotopic (exact) mass is 485 g/mol. The molecule has 1 amide bonds. The summed E-state index contributed by atoms with van der Waals surface area (Å²) in [6.07, 6.45) is 0.881. The van der Waals surface area contributed by atoms with E-state index in [1.54, 1.807) is 0 Å². The number of benzene rings is 2. The Labute approximate surface area is 205 Å². The lowest BCUT2D eigenvalue weighted by molar-refractivity contribution is -0.119. The molecule has 3 rings (SSSR count). The maximum Gasteiger partial charge on any atom is 0.230 e. The van der Waals surface area contributed by atoms with Crippen LogP contribution in [0.2, 0.25) is 5.02 Å². The zero-order chi connectivity index (χ0) is 24.0. The number of thioether (sulfide) groups is 1. The van der Waals surface area contributed by atoms with Gasteiger partial charge in [-0.2, -0.15) is 0 Å². The number of hydrogen-bond acceptors (Lipinski definition) is 5. The van der Waals surface area contributed by atoms with Crippen LogP contribution in [0.15, 0.2) is 59.8 Å². The van der Waals surface area contributed by atoms with Gasteiger partial charge in [0.2, 0.25) is 5.91 Å². The van der Waals surface area contributed by atoms with Crippen molar-refractivity contribution in [3.8, 4) is 5.69 Å². The molecule has 1 aromatic heterocycles. The third kappa shape index (κ3) is 6.82. The van der Waals surface area contributed by atoms with Gasteiger partial charge < -0.3 is 5.32 Å². The van der Waals surface area contributed by atoms with E-state index in [9.17, 15) is 4.79 Å². The van der Waals surface area contributed by atoms with E-state index < -0.39 is 0 Å². The molecular weight excluding hydrogens is 454 g/mol. The Hall–Kier alpha value is -2.35. The van der Waals surface area contributed by atoms with E-state index in [1.165, 1.54) is 11.8 Å². The van der Waals surface area contributed by atoms with E-state index in [0.717, 1.165) is 23.5 Å². The molecule has 1 heterocycles. The van der Waals surface area contributed by atoms with Gasteiger partial charge in [-0.15, -0.1) is 10.2 Å². The van der Waals surface area contributed by atoms with Crippen LogP contribution in [0.4, 0.5) is 0 Å². The lowest BCUT2D eigenvalue weighted by Crippen LogP contribution is -2.31. The summed E-state index contributed by atoms with van der Waals surface area (Å²) in [5.74, 6) is 1.50. The summed E-state index contributed by atoms with van der Waals surface area (Å²) in [5.41, 5.74) is 2.04. The Bertz CT molecular complexity index is 1040. The van der Waals surface area contributed by atoms with Gasteiger partial charge in [-0.3, -0.25) is 14.3 Å². The topological polar surface area (TPSA) is 63.1 Å². The van der Waals surface area contributed by atoms with Gasteiger partial charge in [-0.25, -0.2) is 0 Å². The molecule has 33 heavy (non-hydrogen) atoms. The predicted molar refractivity (Wildman–Crippen MR) is 136 cm³/mol. The molecule has 0 radical (unpaired) electrons. The normalized spacial score (nSPS) is 13.3. The largest absolute Gasteiger partial charge is 0.349 e. The fourth-order valence-electron chi connectivity index (χ4n) is 3.51. The fourth-order valence-corrected chi connectivity index (χ4v) is 4.41. The van der Waals surface area contributed by atoms with Crippen LogP contribution in [-0.2, 0) is 4.79 Å². The number of carbonyl (C=O) groups is 1. The van der Waals surface area contributed by atoms with Crippen LogP contribution in [0, 0.1) is 5.92 Å². The molecular formula is C25H32ClN5OS. The molecule has 0 aliphatic heterocycles. The molecule has 0 fully saturated rings. The Morgan fingerprint density at radius 3 is 2.33 bits per heavy atom. The first kappa shape index (κ1) is 25.3. The van der Waals surface area contributed by atoms with Crippen molar-refractivity contribution in [1.29, 1.82) is 0 Å². The number of aromatic nitrogens is 3. The number of hydrogen-bond donors (Lipinski definition) is 1. The molecule has 0 spiro atoms. The van der Waals surface area contributed by atoms with Crippen molar-refractivity contribution in [3.05, 3.63) is 71.0 Å². The van der Waals surface area contributed by atoms with E-state index >= 15 is 0 Å². The van der Waals surface area contributed by atoms with E-state index in [4.69, 9.17) is 11.6 Å². The summed E-state index contributed by atoms with van der Waals surface area (Å²) in [4.78, 5) is 15.0. The van der Waals surface area contributed by atoms with Crippen LogP contribution in [0.5, 0.6) is 0 Å². The Morgan fingerprint density at radius 1 is 1.06 bits per heavy atom. The average molecular weight is 486 g/mol. The molecule has 176 valence electrons. The van der Waals surface area contributed by atoms with Crippen LogP contribution in [0.3, 0.4) is 0 Å². The van der Waals surface area contributed by atoms with Gasteiger partial charge in [-0.05, 0) is 63.2 Å². The molecule has 2 atom stereocenters. The Balaban J connectivity index is 1.78. The second-order valence-electron chi connectivity index (χ2n) is 8.74. The Morgan fingerprint density at radius 2 is 1.73 bits per heavy atom. The molecule has 0 saturated carbocycles. The standard InChI is InChI=1S/C25H32ClN5OS/c1-17(2)15-22(19-9-7-6-8-10-19)27-23(32)16-33-25-29-28-24(18(3)30(4)5)31(25)21-13-11-20(26)12-14-21/h6-14,17-18,22H,15-16H2,1-5H3,(H,27,32). The van der Waals surface area contributed by atoms with Crippen molar-refractivity contribution in [2.75, 3.05) is 19.8 Å². The van der Waals surface area contributed by atoms with Crippen molar-refractivity contribution >= 4 is 29.3 Å². The van der Waals surface area contributed by atoms with Crippen molar-refractivity contribution in [1.82, 2.24) is 25.0 Å².